The zero-order valence-corrected chi connectivity index (χ0v) is 20.1. The van der Waals surface area contributed by atoms with E-state index in [1.165, 1.54) is 40.4 Å². The van der Waals surface area contributed by atoms with Gasteiger partial charge in [0.2, 0.25) is 5.91 Å². The normalized spacial score (nSPS) is 14.9. The summed E-state index contributed by atoms with van der Waals surface area (Å²) in [7, 11) is 0. The SMILES string of the molecule is CSc1cc2c(cc1NC(=O)CSCc1nc3sc4c(c3c(=O)[nH]1)CCCC4)OCCO2. The Hall–Kier alpha value is -2.17. The molecule has 1 aliphatic heterocycles. The highest BCUT2D eigenvalue weighted by atomic mass is 32.2. The molecule has 0 bridgehead atoms. The fraction of sp³-hybridized carbons (Fsp3) is 0.409. The Bertz CT molecular complexity index is 1240. The van der Waals surface area contributed by atoms with Gasteiger partial charge < -0.3 is 19.8 Å². The molecule has 0 saturated carbocycles. The van der Waals surface area contributed by atoms with Crippen molar-refractivity contribution in [3.8, 4) is 11.5 Å². The van der Waals surface area contributed by atoms with Gasteiger partial charge in [-0.2, -0.15) is 0 Å². The number of hydrogen-bond donors (Lipinski definition) is 2. The van der Waals surface area contributed by atoms with Crippen molar-refractivity contribution in [3.05, 3.63) is 38.8 Å². The van der Waals surface area contributed by atoms with Gasteiger partial charge in [-0.15, -0.1) is 34.9 Å². The lowest BCUT2D eigenvalue weighted by Crippen LogP contribution is -2.18. The molecule has 3 heterocycles. The Morgan fingerprint density at radius 1 is 1.22 bits per heavy atom. The molecule has 5 rings (SSSR count). The van der Waals surface area contributed by atoms with E-state index in [0.29, 0.717) is 42.0 Å². The predicted octanol–water partition coefficient (Wildman–Crippen LogP) is 4.23. The minimum Gasteiger partial charge on any atom is -0.486 e. The van der Waals surface area contributed by atoms with E-state index in [0.717, 1.165) is 34.4 Å². The molecule has 1 aliphatic carbocycles. The van der Waals surface area contributed by atoms with E-state index < -0.39 is 0 Å². The number of anilines is 1. The summed E-state index contributed by atoms with van der Waals surface area (Å²) in [6.07, 6.45) is 6.27. The maximum atomic E-state index is 12.7. The van der Waals surface area contributed by atoms with E-state index in [-0.39, 0.29) is 17.2 Å². The standard InChI is InChI=1S/C22H23N3O4S3/c1-30-17-9-15-14(28-6-7-29-15)8-13(17)23-19(26)11-31-10-18-24-21(27)20-12-4-2-3-5-16(12)32-22(20)25-18/h8-9H,2-7,10-11H2,1H3,(H,23,26)(H,24,25,27). The van der Waals surface area contributed by atoms with Crippen molar-refractivity contribution >= 4 is 56.7 Å². The fourth-order valence-electron chi connectivity index (χ4n) is 4.04. The first kappa shape index (κ1) is 21.7. The number of thiophene rings is 1. The molecule has 0 atom stereocenters. The average Bonchev–Trinajstić information content (AvgIpc) is 3.17. The Balaban J connectivity index is 1.24. The van der Waals surface area contributed by atoms with Crippen molar-refractivity contribution in [2.24, 2.45) is 0 Å². The zero-order valence-electron chi connectivity index (χ0n) is 17.6. The monoisotopic (exact) mass is 489 g/mol. The van der Waals surface area contributed by atoms with Crippen LogP contribution in [0.5, 0.6) is 11.5 Å². The van der Waals surface area contributed by atoms with Crippen LogP contribution in [-0.2, 0) is 23.4 Å². The van der Waals surface area contributed by atoms with Gasteiger partial charge in [-0.05, 0) is 43.6 Å². The van der Waals surface area contributed by atoms with Crippen molar-refractivity contribution in [3.63, 3.8) is 0 Å². The van der Waals surface area contributed by atoms with Crippen LogP contribution in [0.1, 0.15) is 29.1 Å². The molecule has 0 spiro atoms. The molecule has 32 heavy (non-hydrogen) atoms. The summed E-state index contributed by atoms with van der Waals surface area (Å²) in [5, 5.41) is 3.73. The average molecular weight is 490 g/mol. The fourth-order valence-corrected chi connectivity index (χ4v) is 6.57. The van der Waals surface area contributed by atoms with E-state index in [2.05, 4.69) is 15.3 Å². The van der Waals surface area contributed by atoms with E-state index in [4.69, 9.17) is 9.47 Å². The smallest absolute Gasteiger partial charge is 0.259 e. The van der Waals surface area contributed by atoms with Gasteiger partial charge in [-0.25, -0.2) is 4.98 Å². The first-order valence-electron chi connectivity index (χ1n) is 10.5. The van der Waals surface area contributed by atoms with Crippen molar-refractivity contribution < 1.29 is 14.3 Å². The number of carbonyl (C=O) groups excluding carboxylic acids is 1. The van der Waals surface area contributed by atoms with Gasteiger partial charge >= 0.3 is 0 Å². The van der Waals surface area contributed by atoms with Crippen LogP contribution in [0.15, 0.2) is 21.8 Å². The van der Waals surface area contributed by atoms with Crippen LogP contribution in [0.3, 0.4) is 0 Å². The summed E-state index contributed by atoms with van der Waals surface area (Å²) < 4.78 is 11.2. The van der Waals surface area contributed by atoms with Crippen LogP contribution < -0.4 is 20.3 Å². The van der Waals surface area contributed by atoms with Crippen LogP contribution in [-0.4, -0.2) is 41.1 Å². The minimum atomic E-state index is -0.114. The van der Waals surface area contributed by atoms with E-state index in [1.807, 2.05) is 18.4 Å². The first-order valence-corrected chi connectivity index (χ1v) is 13.7. The summed E-state index contributed by atoms with van der Waals surface area (Å²) in [6, 6.07) is 3.71. The quantitative estimate of drug-likeness (QED) is 0.501. The number of aryl methyl sites for hydroxylation is 2. The van der Waals surface area contributed by atoms with Crippen LogP contribution in [0.4, 0.5) is 5.69 Å². The Morgan fingerprint density at radius 3 is 2.81 bits per heavy atom. The molecule has 0 radical (unpaired) electrons. The van der Waals surface area contributed by atoms with Crippen molar-refractivity contribution in [1.29, 1.82) is 0 Å². The second kappa shape index (κ2) is 9.36. The highest BCUT2D eigenvalue weighted by molar-refractivity contribution is 7.99. The summed E-state index contributed by atoms with van der Waals surface area (Å²) in [5.74, 6) is 2.57. The van der Waals surface area contributed by atoms with Gasteiger partial charge in [0.05, 0.1) is 22.6 Å². The van der Waals surface area contributed by atoms with E-state index in [1.54, 1.807) is 11.3 Å². The maximum Gasteiger partial charge on any atom is 0.259 e. The van der Waals surface area contributed by atoms with Crippen molar-refractivity contribution in [2.45, 2.75) is 36.3 Å². The molecule has 1 aromatic carbocycles. The Kier molecular flexibility index (Phi) is 6.34. The lowest BCUT2D eigenvalue weighted by molar-refractivity contribution is -0.113. The third-order valence-corrected chi connectivity index (χ3v) is 8.39. The number of fused-ring (bicyclic) bond motifs is 4. The van der Waals surface area contributed by atoms with Gasteiger partial charge in [-0.3, -0.25) is 9.59 Å². The largest absolute Gasteiger partial charge is 0.486 e. The number of aromatic amines is 1. The number of amides is 1. The number of nitrogens with zero attached hydrogens (tertiary/aromatic N) is 1. The van der Waals surface area contributed by atoms with Crippen LogP contribution in [0.25, 0.3) is 10.2 Å². The number of ether oxygens (including phenoxy) is 2. The number of benzene rings is 1. The van der Waals surface area contributed by atoms with Crippen LogP contribution in [0, 0.1) is 0 Å². The van der Waals surface area contributed by atoms with Crippen LogP contribution in [0.2, 0.25) is 0 Å². The number of hydrogen-bond acceptors (Lipinski definition) is 8. The van der Waals surface area contributed by atoms with Gasteiger partial charge in [0, 0.05) is 15.8 Å². The molecule has 0 saturated heterocycles. The third kappa shape index (κ3) is 4.35. The van der Waals surface area contributed by atoms with E-state index in [9.17, 15) is 9.59 Å². The molecule has 2 aromatic heterocycles. The Labute approximate surface area is 197 Å². The first-order chi connectivity index (χ1) is 15.6. The van der Waals surface area contributed by atoms with Crippen molar-refractivity contribution in [1.82, 2.24) is 9.97 Å². The number of nitrogens with one attached hydrogen (secondary N) is 2. The molecule has 7 nitrogen and oxygen atoms in total. The molecule has 1 amide bonds. The summed E-state index contributed by atoms with van der Waals surface area (Å²) in [5.41, 5.74) is 1.84. The number of carbonyl (C=O) groups is 1. The second-order valence-corrected chi connectivity index (χ2v) is 10.6. The van der Waals surface area contributed by atoms with Gasteiger partial charge in [0.15, 0.2) is 11.5 Å². The molecule has 0 fully saturated rings. The van der Waals surface area contributed by atoms with Crippen LogP contribution >= 0.6 is 34.9 Å². The minimum absolute atomic E-state index is 0.0599. The molecule has 2 N–H and O–H groups in total. The maximum absolute atomic E-state index is 12.7. The molecule has 0 unspecified atom stereocenters. The number of rotatable bonds is 6. The van der Waals surface area contributed by atoms with E-state index >= 15 is 0 Å². The van der Waals surface area contributed by atoms with Crippen molar-refractivity contribution in [2.75, 3.05) is 30.5 Å². The number of thioether (sulfide) groups is 2. The predicted molar refractivity (Wildman–Crippen MR) is 131 cm³/mol. The van der Waals surface area contributed by atoms with Gasteiger partial charge in [0.1, 0.15) is 23.9 Å². The van der Waals surface area contributed by atoms with Gasteiger partial charge in [-0.1, -0.05) is 0 Å². The molecular formula is C22H23N3O4S3. The number of H-pyrrole nitrogens is 1. The summed E-state index contributed by atoms with van der Waals surface area (Å²) in [4.78, 5) is 35.8. The topological polar surface area (TPSA) is 93.3 Å². The molecule has 10 heteroatoms. The lowest BCUT2D eigenvalue weighted by Gasteiger charge is -2.21. The number of aromatic nitrogens is 2. The molecule has 2 aliphatic rings. The third-order valence-electron chi connectivity index (χ3n) is 5.48. The lowest BCUT2D eigenvalue weighted by atomic mass is 9.97. The second-order valence-electron chi connectivity index (χ2n) is 7.64. The molecule has 168 valence electrons. The summed E-state index contributed by atoms with van der Waals surface area (Å²) >= 11 is 4.61. The molecule has 3 aromatic rings. The molecular weight excluding hydrogens is 466 g/mol. The highest BCUT2D eigenvalue weighted by Gasteiger charge is 2.20. The zero-order chi connectivity index (χ0) is 22.1. The highest BCUT2D eigenvalue weighted by Crippen LogP contribution is 2.39. The Morgan fingerprint density at radius 2 is 2.00 bits per heavy atom. The van der Waals surface area contributed by atoms with Gasteiger partial charge in [0.25, 0.3) is 5.56 Å². The summed E-state index contributed by atoms with van der Waals surface area (Å²) in [6.45, 7) is 1.02.